The summed E-state index contributed by atoms with van der Waals surface area (Å²) in [6.07, 6.45) is 0. The Morgan fingerprint density at radius 1 is 1.62 bits per heavy atom. The molecule has 0 aromatic heterocycles. The smallest absolute Gasteiger partial charge is 0.147 e. The fraction of sp³-hybridized carbons (Fsp3) is 0.400. The van der Waals surface area contributed by atoms with Crippen molar-refractivity contribution in [3.63, 3.8) is 0 Å². The monoisotopic (exact) mass is 180 g/mol. The van der Waals surface area contributed by atoms with Crippen LogP contribution >= 0.6 is 0 Å². The fourth-order valence-electron chi connectivity index (χ4n) is 1.60. The number of hydrogen-bond donors (Lipinski definition) is 1. The standard InChI is InChI=1S/C10H11FNO/c1-10(13)6-12(7-10)9-5-3-2-4-8(9)11/h3-5,13H,6-7H2,1H3. The van der Waals surface area contributed by atoms with Crippen LogP contribution in [-0.2, 0) is 0 Å². The molecule has 0 atom stereocenters. The van der Waals surface area contributed by atoms with E-state index in [1.165, 1.54) is 6.07 Å². The Kier molecular flexibility index (Phi) is 1.77. The SMILES string of the molecule is CC1(O)CN(c2cc[c]cc2F)C1. The second-order valence-electron chi connectivity index (χ2n) is 3.73. The number of anilines is 1. The molecule has 2 rings (SSSR count). The molecule has 1 fully saturated rings. The molecule has 3 heteroatoms. The van der Waals surface area contributed by atoms with Crippen molar-refractivity contribution < 1.29 is 9.50 Å². The van der Waals surface area contributed by atoms with Crippen molar-refractivity contribution in [1.82, 2.24) is 0 Å². The third kappa shape index (κ3) is 1.52. The Labute approximate surface area is 76.6 Å². The molecule has 0 unspecified atom stereocenters. The number of hydrogen-bond acceptors (Lipinski definition) is 2. The maximum absolute atomic E-state index is 13.2. The number of aliphatic hydroxyl groups is 1. The summed E-state index contributed by atoms with van der Waals surface area (Å²) in [7, 11) is 0. The molecule has 1 aromatic carbocycles. The number of nitrogens with zero attached hydrogens (tertiary/aromatic N) is 1. The molecule has 1 N–H and O–H groups in total. The van der Waals surface area contributed by atoms with Crippen molar-refractivity contribution >= 4 is 5.69 Å². The van der Waals surface area contributed by atoms with Gasteiger partial charge < -0.3 is 10.0 Å². The summed E-state index contributed by atoms with van der Waals surface area (Å²) < 4.78 is 13.2. The molecular weight excluding hydrogens is 169 g/mol. The lowest BCUT2D eigenvalue weighted by Crippen LogP contribution is -2.60. The molecule has 0 amide bonds. The Morgan fingerprint density at radius 2 is 2.31 bits per heavy atom. The summed E-state index contributed by atoms with van der Waals surface area (Å²) in [5, 5.41) is 9.46. The number of halogens is 1. The second kappa shape index (κ2) is 2.70. The van der Waals surface area contributed by atoms with Crippen LogP contribution in [0.2, 0.25) is 0 Å². The van der Waals surface area contributed by atoms with Gasteiger partial charge in [0.15, 0.2) is 0 Å². The van der Waals surface area contributed by atoms with Crippen LogP contribution in [0.4, 0.5) is 10.1 Å². The van der Waals surface area contributed by atoms with Crippen LogP contribution in [0.3, 0.4) is 0 Å². The molecule has 2 nitrogen and oxygen atoms in total. The zero-order valence-corrected chi connectivity index (χ0v) is 7.42. The molecule has 1 aliphatic rings. The summed E-state index contributed by atoms with van der Waals surface area (Å²) in [5.74, 6) is -0.280. The van der Waals surface area contributed by atoms with Crippen LogP contribution in [0.5, 0.6) is 0 Å². The molecule has 0 spiro atoms. The Hall–Kier alpha value is -1.09. The Bertz CT molecular complexity index is 316. The van der Waals surface area contributed by atoms with E-state index in [2.05, 4.69) is 6.07 Å². The zero-order valence-electron chi connectivity index (χ0n) is 7.42. The highest BCUT2D eigenvalue weighted by molar-refractivity contribution is 5.51. The third-order valence-corrected chi connectivity index (χ3v) is 2.20. The summed E-state index contributed by atoms with van der Waals surface area (Å²) in [6.45, 7) is 2.73. The van der Waals surface area contributed by atoms with E-state index < -0.39 is 5.60 Å². The molecule has 0 saturated carbocycles. The molecular formula is C10H11FNO. The average Bonchev–Trinajstić information content (AvgIpc) is 2.01. The minimum atomic E-state index is -0.661. The van der Waals surface area contributed by atoms with Gasteiger partial charge in [-0.1, -0.05) is 6.07 Å². The third-order valence-electron chi connectivity index (χ3n) is 2.20. The van der Waals surface area contributed by atoms with E-state index in [0.717, 1.165) is 0 Å². The predicted octanol–water partition coefficient (Wildman–Crippen LogP) is 1.20. The molecule has 0 aliphatic carbocycles. The van der Waals surface area contributed by atoms with Crippen molar-refractivity contribution in [3.8, 4) is 0 Å². The van der Waals surface area contributed by atoms with Gasteiger partial charge in [0.1, 0.15) is 5.82 Å². The van der Waals surface area contributed by atoms with Gasteiger partial charge in [0.05, 0.1) is 11.3 Å². The fourth-order valence-corrected chi connectivity index (χ4v) is 1.60. The van der Waals surface area contributed by atoms with Gasteiger partial charge in [0.2, 0.25) is 0 Å². The molecule has 13 heavy (non-hydrogen) atoms. The molecule has 1 heterocycles. The summed E-state index contributed by atoms with van der Waals surface area (Å²) in [4.78, 5) is 1.81. The zero-order chi connectivity index (χ0) is 9.47. The number of rotatable bonds is 1. The Balaban J connectivity index is 2.16. The van der Waals surface area contributed by atoms with Crippen LogP contribution in [0.1, 0.15) is 6.92 Å². The number of benzene rings is 1. The van der Waals surface area contributed by atoms with Crippen molar-refractivity contribution in [3.05, 3.63) is 30.1 Å². The average molecular weight is 180 g/mol. The first-order valence-corrected chi connectivity index (χ1v) is 4.21. The minimum Gasteiger partial charge on any atom is -0.386 e. The lowest BCUT2D eigenvalue weighted by Gasteiger charge is -2.45. The topological polar surface area (TPSA) is 23.5 Å². The first-order valence-electron chi connectivity index (χ1n) is 4.21. The molecule has 69 valence electrons. The van der Waals surface area contributed by atoms with Crippen LogP contribution in [-0.4, -0.2) is 23.8 Å². The van der Waals surface area contributed by atoms with Gasteiger partial charge in [-0.3, -0.25) is 0 Å². The maximum Gasteiger partial charge on any atom is 0.147 e. The highest BCUT2D eigenvalue weighted by Gasteiger charge is 2.37. The van der Waals surface area contributed by atoms with E-state index in [-0.39, 0.29) is 5.82 Å². The lowest BCUT2D eigenvalue weighted by atomic mass is 9.96. The quantitative estimate of drug-likeness (QED) is 0.702. The second-order valence-corrected chi connectivity index (χ2v) is 3.73. The van der Waals surface area contributed by atoms with E-state index in [1.54, 1.807) is 19.1 Å². The van der Waals surface area contributed by atoms with E-state index >= 15 is 0 Å². The first-order chi connectivity index (χ1) is 6.08. The normalized spacial score (nSPS) is 19.8. The summed E-state index contributed by atoms with van der Waals surface area (Å²) in [5.41, 5.74) is -0.114. The minimum absolute atomic E-state index is 0.280. The van der Waals surface area contributed by atoms with Gasteiger partial charge in [-0.05, 0) is 25.1 Å². The van der Waals surface area contributed by atoms with E-state index in [4.69, 9.17) is 0 Å². The van der Waals surface area contributed by atoms with Crippen LogP contribution in [0.15, 0.2) is 18.2 Å². The molecule has 1 saturated heterocycles. The van der Waals surface area contributed by atoms with Crippen LogP contribution in [0.25, 0.3) is 0 Å². The van der Waals surface area contributed by atoms with Crippen LogP contribution < -0.4 is 4.90 Å². The van der Waals surface area contributed by atoms with Gasteiger partial charge in [-0.2, -0.15) is 0 Å². The Morgan fingerprint density at radius 3 is 2.85 bits per heavy atom. The molecule has 1 radical (unpaired) electrons. The van der Waals surface area contributed by atoms with Crippen molar-refractivity contribution in [2.75, 3.05) is 18.0 Å². The van der Waals surface area contributed by atoms with E-state index in [9.17, 15) is 9.50 Å². The highest BCUT2D eigenvalue weighted by atomic mass is 19.1. The van der Waals surface area contributed by atoms with Crippen LogP contribution in [0, 0.1) is 11.9 Å². The largest absolute Gasteiger partial charge is 0.386 e. The summed E-state index contributed by atoms with van der Waals surface area (Å²) in [6, 6.07) is 7.31. The van der Waals surface area contributed by atoms with Crippen molar-refractivity contribution in [2.45, 2.75) is 12.5 Å². The van der Waals surface area contributed by atoms with Crippen molar-refractivity contribution in [1.29, 1.82) is 0 Å². The van der Waals surface area contributed by atoms with Gasteiger partial charge in [0.25, 0.3) is 0 Å². The maximum atomic E-state index is 13.2. The van der Waals surface area contributed by atoms with E-state index in [1.807, 2.05) is 4.90 Å². The molecule has 1 aliphatic heterocycles. The summed E-state index contributed by atoms with van der Waals surface area (Å²) >= 11 is 0. The predicted molar refractivity (Wildman–Crippen MR) is 48.1 cm³/mol. The molecule has 1 aromatic rings. The van der Waals surface area contributed by atoms with Gasteiger partial charge in [-0.15, -0.1) is 0 Å². The molecule has 0 bridgehead atoms. The first kappa shape index (κ1) is 8.51. The van der Waals surface area contributed by atoms with E-state index in [0.29, 0.717) is 18.8 Å². The van der Waals surface area contributed by atoms with Crippen molar-refractivity contribution in [2.24, 2.45) is 0 Å². The van der Waals surface area contributed by atoms with Gasteiger partial charge in [-0.25, -0.2) is 4.39 Å². The number of β-amino-alcohol motifs (C(OH)–C–C–N with tert-alkyl or cyclic N) is 1. The highest BCUT2D eigenvalue weighted by Crippen LogP contribution is 2.28. The lowest BCUT2D eigenvalue weighted by molar-refractivity contribution is 0.0306. The van der Waals surface area contributed by atoms with Gasteiger partial charge in [0, 0.05) is 13.1 Å². The van der Waals surface area contributed by atoms with Gasteiger partial charge >= 0.3 is 0 Å².